The maximum Gasteiger partial charge on any atom is 0.305 e. The van der Waals surface area contributed by atoms with E-state index in [2.05, 4.69) is 4.74 Å². The lowest BCUT2D eigenvalue weighted by atomic mass is 10.1. The largest absolute Gasteiger partial charge is 0.469 e. The fourth-order valence-corrected chi connectivity index (χ4v) is 0.454. The molecular weight excluding hydrogens is 116 g/mol. The van der Waals surface area contributed by atoms with Crippen LogP contribution < -0.4 is 0 Å². The lowest BCUT2D eigenvalue weighted by Crippen LogP contribution is -2.00. The van der Waals surface area contributed by atoms with Gasteiger partial charge in [-0.2, -0.15) is 0 Å². The van der Waals surface area contributed by atoms with Gasteiger partial charge in [-0.1, -0.05) is 13.8 Å². The van der Waals surface area contributed by atoms with Crippen LogP contribution >= 0.6 is 0 Å². The van der Waals surface area contributed by atoms with Gasteiger partial charge in [0, 0.05) is 6.42 Å². The molecule has 1 radical (unpaired) electrons. The molecular formula is C7H13O2. The molecule has 0 N–H and O–H groups in total. The van der Waals surface area contributed by atoms with E-state index in [1.807, 2.05) is 13.8 Å². The quantitative estimate of drug-likeness (QED) is 0.540. The Kier molecular flexibility index (Phi) is 4.10. The molecule has 0 rings (SSSR count). The topological polar surface area (TPSA) is 26.3 Å². The SMILES string of the molecule is COC(=O)CC[C](C)C. The molecule has 0 atom stereocenters. The smallest absolute Gasteiger partial charge is 0.305 e. The van der Waals surface area contributed by atoms with Crippen LogP contribution in [0.4, 0.5) is 0 Å². The normalized spacial score (nSPS) is 9.78. The van der Waals surface area contributed by atoms with Crippen LogP contribution in [0.1, 0.15) is 26.7 Å². The van der Waals surface area contributed by atoms with Gasteiger partial charge in [0.05, 0.1) is 7.11 Å². The fraction of sp³-hybridized carbons (Fsp3) is 0.714. The van der Waals surface area contributed by atoms with Gasteiger partial charge >= 0.3 is 5.97 Å². The number of ether oxygens (including phenoxy) is 1. The van der Waals surface area contributed by atoms with E-state index in [1.165, 1.54) is 13.0 Å². The molecule has 0 saturated heterocycles. The van der Waals surface area contributed by atoms with Crippen molar-refractivity contribution in [1.29, 1.82) is 0 Å². The highest BCUT2D eigenvalue weighted by Crippen LogP contribution is 2.05. The third-order valence-electron chi connectivity index (χ3n) is 1.06. The minimum atomic E-state index is -0.129. The maximum absolute atomic E-state index is 10.5. The lowest BCUT2D eigenvalue weighted by Gasteiger charge is -2.00. The Morgan fingerprint density at radius 3 is 2.22 bits per heavy atom. The van der Waals surface area contributed by atoms with Crippen LogP contribution in [0.5, 0.6) is 0 Å². The monoisotopic (exact) mass is 129 g/mol. The van der Waals surface area contributed by atoms with E-state index in [4.69, 9.17) is 0 Å². The Morgan fingerprint density at radius 1 is 1.33 bits per heavy atom. The molecule has 2 heteroatoms. The number of esters is 1. The second-order valence-electron chi connectivity index (χ2n) is 2.28. The van der Waals surface area contributed by atoms with Crippen molar-refractivity contribution in [2.24, 2.45) is 0 Å². The van der Waals surface area contributed by atoms with Crippen molar-refractivity contribution in [1.82, 2.24) is 0 Å². The molecule has 0 aliphatic rings. The van der Waals surface area contributed by atoms with Gasteiger partial charge in [-0.15, -0.1) is 0 Å². The summed E-state index contributed by atoms with van der Waals surface area (Å²) in [6, 6.07) is 0. The van der Waals surface area contributed by atoms with Crippen LogP contribution in [0.25, 0.3) is 0 Å². The molecule has 0 fully saturated rings. The van der Waals surface area contributed by atoms with Gasteiger partial charge in [0.15, 0.2) is 0 Å². The summed E-state index contributed by atoms with van der Waals surface area (Å²) in [6.45, 7) is 4.01. The molecule has 9 heavy (non-hydrogen) atoms. The summed E-state index contributed by atoms with van der Waals surface area (Å²) in [4.78, 5) is 10.5. The maximum atomic E-state index is 10.5. The van der Waals surface area contributed by atoms with Crippen molar-refractivity contribution in [3.05, 3.63) is 5.92 Å². The van der Waals surface area contributed by atoms with Gasteiger partial charge in [0.25, 0.3) is 0 Å². The van der Waals surface area contributed by atoms with E-state index in [0.717, 1.165) is 6.42 Å². The van der Waals surface area contributed by atoms with E-state index >= 15 is 0 Å². The molecule has 0 bridgehead atoms. The average Bonchev–Trinajstić information content (AvgIpc) is 1.83. The first-order valence-corrected chi connectivity index (χ1v) is 3.02. The minimum Gasteiger partial charge on any atom is -0.469 e. The first-order chi connectivity index (χ1) is 4.16. The van der Waals surface area contributed by atoms with Crippen molar-refractivity contribution < 1.29 is 9.53 Å². The molecule has 0 aliphatic heterocycles. The Balaban J connectivity index is 3.17. The molecule has 0 unspecified atom stereocenters. The summed E-state index contributed by atoms with van der Waals surface area (Å²) in [5.74, 6) is 1.14. The summed E-state index contributed by atoms with van der Waals surface area (Å²) >= 11 is 0. The lowest BCUT2D eigenvalue weighted by molar-refractivity contribution is -0.140. The molecule has 53 valence electrons. The van der Waals surface area contributed by atoms with E-state index < -0.39 is 0 Å². The highest BCUT2D eigenvalue weighted by Gasteiger charge is 2.01. The summed E-state index contributed by atoms with van der Waals surface area (Å²) in [7, 11) is 1.41. The number of hydrogen-bond donors (Lipinski definition) is 0. The summed E-state index contributed by atoms with van der Waals surface area (Å²) in [5.41, 5.74) is 0. The van der Waals surface area contributed by atoms with Crippen LogP contribution in [-0.2, 0) is 9.53 Å². The molecule has 0 aromatic rings. The Hall–Kier alpha value is -0.530. The first kappa shape index (κ1) is 8.47. The second-order valence-corrected chi connectivity index (χ2v) is 2.28. The van der Waals surface area contributed by atoms with Gasteiger partial charge < -0.3 is 4.74 Å². The van der Waals surface area contributed by atoms with E-state index in [0.29, 0.717) is 6.42 Å². The fourth-order valence-electron chi connectivity index (χ4n) is 0.454. The van der Waals surface area contributed by atoms with Crippen molar-refractivity contribution >= 4 is 5.97 Å². The standard InChI is InChI=1S/C7H13O2/c1-6(2)4-5-7(8)9-3/h4-5H2,1-3H3. The van der Waals surface area contributed by atoms with Crippen LogP contribution in [0, 0.1) is 5.92 Å². The van der Waals surface area contributed by atoms with E-state index in [-0.39, 0.29) is 5.97 Å². The molecule has 0 aliphatic carbocycles. The zero-order valence-corrected chi connectivity index (χ0v) is 6.23. The van der Waals surface area contributed by atoms with Crippen molar-refractivity contribution in [2.45, 2.75) is 26.7 Å². The second kappa shape index (κ2) is 4.36. The molecule has 0 saturated carbocycles. The number of hydrogen-bond acceptors (Lipinski definition) is 2. The molecule has 0 aromatic carbocycles. The summed E-state index contributed by atoms with van der Waals surface area (Å²) in [6.07, 6.45) is 1.35. The zero-order chi connectivity index (χ0) is 7.28. The Bertz CT molecular complexity index is 86.9. The summed E-state index contributed by atoms with van der Waals surface area (Å²) < 4.78 is 4.45. The molecule has 0 heterocycles. The van der Waals surface area contributed by atoms with Crippen molar-refractivity contribution in [2.75, 3.05) is 7.11 Å². The Morgan fingerprint density at radius 2 is 1.89 bits per heavy atom. The Labute approximate surface area is 56.2 Å². The highest BCUT2D eigenvalue weighted by molar-refractivity contribution is 5.69. The van der Waals surface area contributed by atoms with Gasteiger partial charge in [-0.05, 0) is 12.3 Å². The third-order valence-corrected chi connectivity index (χ3v) is 1.06. The van der Waals surface area contributed by atoms with E-state index in [9.17, 15) is 4.79 Å². The third kappa shape index (κ3) is 5.34. The zero-order valence-electron chi connectivity index (χ0n) is 6.23. The highest BCUT2D eigenvalue weighted by atomic mass is 16.5. The van der Waals surface area contributed by atoms with Gasteiger partial charge in [0.1, 0.15) is 0 Å². The minimum absolute atomic E-state index is 0.129. The van der Waals surface area contributed by atoms with Gasteiger partial charge in [-0.25, -0.2) is 0 Å². The average molecular weight is 129 g/mol. The number of carbonyl (C=O) groups excluding carboxylic acids is 1. The molecule has 0 aromatic heterocycles. The number of rotatable bonds is 3. The van der Waals surface area contributed by atoms with Crippen molar-refractivity contribution in [3.8, 4) is 0 Å². The van der Waals surface area contributed by atoms with Crippen LogP contribution in [0.2, 0.25) is 0 Å². The predicted molar refractivity (Wildman–Crippen MR) is 35.8 cm³/mol. The predicted octanol–water partition coefficient (Wildman–Crippen LogP) is 1.55. The molecule has 0 amide bonds. The van der Waals surface area contributed by atoms with Crippen LogP contribution in [-0.4, -0.2) is 13.1 Å². The molecule has 0 spiro atoms. The van der Waals surface area contributed by atoms with Crippen LogP contribution in [0.3, 0.4) is 0 Å². The van der Waals surface area contributed by atoms with Crippen molar-refractivity contribution in [3.63, 3.8) is 0 Å². The van der Waals surface area contributed by atoms with E-state index in [1.54, 1.807) is 0 Å². The first-order valence-electron chi connectivity index (χ1n) is 3.02. The molecule has 2 nitrogen and oxygen atoms in total. The number of methoxy groups -OCH3 is 1. The summed E-state index contributed by atoms with van der Waals surface area (Å²) in [5, 5.41) is 0. The number of carbonyl (C=O) groups is 1. The van der Waals surface area contributed by atoms with Gasteiger partial charge in [0.2, 0.25) is 0 Å². The van der Waals surface area contributed by atoms with Crippen LogP contribution in [0.15, 0.2) is 0 Å². The van der Waals surface area contributed by atoms with Gasteiger partial charge in [-0.3, -0.25) is 4.79 Å².